The third kappa shape index (κ3) is 2.55. The first kappa shape index (κ1) is 12.6. The topological polar surface area (TPSA) is 26.0 Å². The van der Waals surface area contributed by atoms with Crippen molar-refractivity contribution in [2.45, 2.75) is 58.9 Å². The highest BCUT2D eigenvalue weighted by Gasteiger charge is 2.34. The van der Waals surface area contributed by atoms with Crippen LogP contribution in [0.5, 0.6) is 0 Å². The number of rotatable bonds is 2. The van der Waals surface area contributed by atoms with Crippen LogP contribution < -0.4 is 5.73 Å². The van der Waals surface area contributed by atoms with Gasteiger partial charge in [0.2, 0.25) is 0 Å². The molecule has 1 saturated carbocycles. The van der Waals surface area contributed by atoms with Gasteiger partial charge in [0, 0.05) is 6.04 Å². The van der Waals surface area contributed by atoms with Crippen LogP contribution in [0.25, 0.3) is 0 Å². The Bertz CT molecular complexity index is 389. The van der Waals surface area contributed by atoms with E-state index in [1.54, 1.807) is 0 Å². The Hall–Kier alpha value is -0.820. The van der Waals surface area contributed by atoms with Gasteiger partial charge in [0.25, 0.3) is 0 Å². The van der Waals surface area contributed by atoms with Gasteiger partial charge in [-0.1, -0.05) is 49.9 Å². The molecule has 0 radical (unpaired) electrons. The SMILES string of the molecule is Cc1ccc(C)c(C(N)C2(C)CCCCC2)c1. The minimum absolute atomic E-state index is 0.197. The van der Waals surface area contributed by atoms with Crippen molar-refractivity contribution in [2.75, 3.05) is 0 Å². The van der Waals surface area contributed by atoms with Gasteiger partial charge in [-0.3, -0.25) is 0 Å². The van der Waals surface area contributed by atoms with E-state index in [9.17, 15) is 0 Å². The van der Waals surface area contributed by atoms with Crippen LogP contribution in [0.3, 0.4) is 0 Å². The normalized spacial score (nSPS) is 21.2. The molecule has 0 heterocycles. The lowest BCUT2D eigenvalue weighted by molar-refractivity contribution is 0.170. The minimum Gasteiger partial charge on any atom is -0.323 e. The molecule has 1 unspecified atom stereocenters. The lowest BCUT2D eigenvalue weighted by Crippen LogP contribution is -2.34. The van der Waals surface area contributed by atoms with E-state index in [-0.39, 0.29) is 6.04 Å². The van der Waals surface area contributed by atoms with Crippen molar-refractivity contribution in [1.29, 1.82) is 0 Å². The lowest BCUT2D eigenvalue weighted by Gasteiger charge is -2.39. The van der Waals surface area contributed by atoms with Crippen LogP contribution in [0.15, 0.2) is 18.2 Å². The third-order valence-corrected chi connectivity index (χ3v) is 4.52. The molecule has 1 nitrogen and oxygen atoms in total. The first-order valence-corrected chi connectivity index (χ1v) is 6.86. The number of hydrogen-bond donors (Lipinski definition) is 1. The third-order valence-electron chi connectivity index (χ3n) is 4.52. The molecule has 17 heavy (non-hydrogen) atoms. The summed E-state index contributed by atoms with van der Waals surface area (Å²) in [5.74, 6) is 0. The zero-order chi connectivity index (χ0) is 12.5. The Balaban J connectivity index is 2.29. The van der Waals surface area contributed by atoms with E-state index < -0.39 is 0 Å². The van der Waals surface area contributed by atoms with Crippen LogP contribution in [-0.2, 0) is 0 Å². The molecule has 1 aromatic rings. The van der Waals surface area contributed by atoms with Crippen molar-refractivity contribution >= 4 is 0 Å². The fourth-order valence-corrected chi connectivity index (χ4v) is 3.14. The average molecular weight is 231 g/mol. The van der Waals surface area contributed by atoms with Gasteiger partial charge in [-0.25, -0.2) is 0 Å². The van der Waals surface area contributed by atoms with Gasteiger partial charge in [-0.15, -0.1) is 0 Å². The Morgan fingerprint density at radius 3 is 2.41 bits per heavy atom. The molecule has 2 rings (SSSR count). The molecule has 1 aromatic carbocycles. The second kappa shape index (κ2) is 4.81. The Morgan fingerprint density at radius 1 is 1.12 bits per heavy atom. The summed E-state index contributed by atoms with van der Waals surface area (Å²) in [5, 5.41) is 0. The Kier molecular flexibility index (Phi) is 3.58. The van der Waals surface area contributed by atoms with Crippen molar-refractivity contribution in [2.24, 2.45) is 11.1 Å². The van der Waals surface area contributed by atoms with E-state index in [1.807, 2.05) is 0 Å². The molecule has 1 fully saturated rings. The second-order valence-corrected chi connectivity index (χ2v) is 6.05. The largest absolute Gasteiger partial charge is 0.323 e. The standard InChI is InChI=1S/C16H25N/c1-12-7-8-13(2)14(11-12)15(17)16(3)9-5-4-6-10-16/h7-8,11,15H,4-6,9-10,17H2,1-3H3. The molecule has 0 bridgehead atoms. The van der Waals surface area contributed by atoms with Crippen LogP contribution in [0.2, 0.25) is 0 Å². The molecule has 0 amide bonds. The molecule has 1 aliphatic carbocycles. The number of aryl methyl sites for hydroxylation is 2. The number of hydrogen-bond acceptors (Lipinski definition) is 1. The lowest BCUT2D eigenvalue weighted by atomic mass is 9.68. The predicted molar refractivity (Wildman–Crippen MR) is 74.0 cm³/mol. The van der Waals surface area contributed by atoms with Crippen molar-refractivity contribution in [3.63, 3.8) is 0 Å². The predicted octanol–water partition coefficient (Wildman–Crippen LogP) is 4.27. The molecular formula is C16H25N. The molecule has 0 aliphatic heterocycles. The monoisotopic (exact) mass is 231 g/mol. The fraction of sp³-hybridized carbons (Fsp3) is 0.625. The van der Waals surface area contributed by atoms with Crippen LogP contribution in [0, 0.1) is 19.3 Å². The van der Waals surface area contributed by atoms with Gasteiger partial charge in [-0.05, 0) is 43.2 Å². The Morgan fingerprint density at radius 2 is 1.76 bits per heavy atom. The number of benzene rings is 1. The van der Waals surface area contributed by atoms with E-state index in [4.69, 9.17) is 5.73 Å². The average Bonchev–Trinajstić information content (AvgIpc) is 2.32. The van der Waals surface area contributed by atoms with Gasteiger partial charge >= 0.3 is 0 Å². The molecule has 1 heteroatoms. The summed E-state index contributed by atoms with van der Waals surface area (Å²) in [6.07, 6.45) is 6.63. The molecule has 1 atom stereocenters. The summed E-state index contributed by atoms with van der Waals surface area (Å²) in [5.41, 5.74) is 10.9. The van der Waals surface area contributed by atoms with E-state index in [1.165, 1.54) is 48.8 Å². The molecule has 0 aromatic heterocycles. The van der Waals surface area contributed by atoms with E-state index in [0.29, 0.717) is 5.41 Å². The zero-order valence-corrected chi connectivity index (χ0v) is 11.4. The highest BCUT2D eigenvalue weighted by Crippen LogP contribution is 2.45. The summed E-state index contributed by atoms with van der Waals surface area (Å²) in [7, 11) is 0. The minimum atomic E-state index is 0.197. The quantitative estimate of drug-likeness (QED) is 0.808. The molecular weight excluding hydrogens is 206 g/mol. The van der Waals surface area contributed by atoms with Gasteiger partial charge in [0.15, 0.2) is 0 Å². The summed E-state index contributed by atoms with van der Waals surface area (Å²) in [6, 6.07) is 6.86. The summed E-state index contributed by atoms with van der Waals surface area (Å²) < 4.78 is 0. The number of nitrogens with two attached hydrogens (primary N) is 1. The first-order valence-electron chi connectivity index (χ1n) is 6.86. The van der Waals surface area contributed by atoms with Gasteiger partial charge < -0.3 is 5.73 Å². The zero-order valence-electron chi connectivity index (χ0n) is 11.4. The maximum atomic E-state index is 6.57. The first-order chi connectivity index (χ1) is 8.03. The van der Waals surface area contributed by atoms with E-state index >= 15 is 0 Å². The maximum Gasteiger partial charge on any atom is 0.0352 e. The second-order valence-electron chi connectivity index (χ2n) is 6.05. The summed E-state index contributed by atoms with van der Waals surface area (Å²) in [6.45, 7) is 6.71. The fourth-order valence-electron chi connectivity index (χ4n) is 3.14. The van der Waals surface area contributed by atoms with Crippen molar-refractivity contribution < 1.29 is 0 Å². The van der Waals surface area contributed by atoms with Crippen LogP contribution in [0.1, 0.15) is 61.8 Å². The smallest absolute Gasteiger partial charge is 0.0352 e. The maximum absolute atomic E-state index is 6.57. The Labute approximate surface area is 105 Å². The van der Waals surface area contributed by atoms with Gasteiger partial charge in [0.05, 0.1) is 0 Å². The van der Waals surface area contributed by atoms with Crippen molar-refractivity contribution in [3.8, 4) is 0 Å². The molecule has 1 aliphatic rings. The van der Waals surface area contributed by atoms with Crippen LogP contribution in [-0.4, -0.2) is 0 Å². The van der Waals surface area contributed by atoms with Crippen LogP contribution in [0.4, 0.5) is 0 Å². The molecule has 0 saturated heterocycles. The summed E-state index contributed by atoms with van der Waals surface area (Å²) >= 11 is 0. The van der Waals surface area contributed by atoms with Crippen LogP contribution >= 0.6 is 0 Å². The molecule has 2 N–H and O–H groups in total. The molecule has 94 valence electrons. The van der Waals surface area contributed by atoms with Crippen molar-refractivity contribution in [1.82, 2.24) is 0 Å². The summed E-state index contributed by atoms with van der Waals surface area (Å²) in [4.78, 5) is 0. The van der Waals surface area contributed by atoms with Crippen molar-refractivity contribution in [3.05, 3.63) is 34.9 Å². The highest BCUT2D eigenvalue weighted by atomic mass is 14.7. The van der Waals surface area contributed by atoms with Gasteiger partial charge in [0.1, 0.15) is 0 Å². The van der Waals surface area contributed by atoms with E-state index in [2.05, 4.69) is 39.0 Å². The highest BCUT2D eigenvalue weighted by molar-refractivity contribution is 5.34. The van der Waals surface area contributed by atoms with Gasteiger partial charge in [-0.2, -0.15) is 0 Å². The molecule has 0 spiro atoms. The van der Waals surface area contributed by atoms with E-state index in [0.717, 1.165) is 0 Å².